The first-order valence-electron chi connectivity index (χ1n) is 6.56. The van der Waals surface area contributed by atoms with Crippen LogP contribution in [-0.2, 0) is 5.60 Å². The minimum atomic E-state index is -0.942. The van der Waals surface area contributed by atoms with Crippen LogP contribution in [-0.4, -0.2) is 11.7 Å². The van der Waals surface area contributed by atoms with Crippen LogP contribution in [0.4, 0.5) is 0 Å². The van der Waals surface area contributed by atoms with Crippen molar-refractivity contribution in [3.63, 3.8) is 0 Å². The highest BCUT2D eigenvalue weighted by atomic mass is 32.1. The zero-order chi connectivity index (χ0) is 13.9. The summed E-state index contributed by atoms with van der Waals surface area (Å²) in [7, 11) is 0. The minimum Gasteiger partial charge on any atom is -0.494 e. The average molecular weight is 276 g/mol. The Morgan fingerprint density at radius 3 is 2.37 bits per heavy atom. The molecule has 0 aliphatic rings. The van der Waals surface area contributed by atoms with E-state index in [9.17, 15) is 5.11 Å². The number of rotatable bonds is 5. The van der Waals surface area contributed by atoms with E-state index in [2.05, 4.69) is 6.92 Å². The van der Waals surface area contributed by atoms with Crippen molar-refractivity contribution in [1.29, 1.82) is 0 Å². The van der Waals surface area contributed by atoms with Gasteiger partial charge in [0.05, 0.1) is 6.61 Å². The topological polar surface area (TPSA) is 29.5 Å². The summed E-state index contributed by atoms with van der Waals surface area (Å²) in [5.74, 6) is 0.851. The third-order valence-electron chi connectivity index (χ3n) is 3.11. The van der Waals surface area contributed by atoms with Gasteiger partial charge in [-0.1, -0.05) is 19.1 Å². The summed E-state index contributed by atoms with van der Waals surface area (Å²) >= 11 is 1.63. The number of hydrogen-bond acceptors (Lipinski definition) is 3. The Hall–Kier alpha value is -1.32. The molecule has 19 heavy (non-hydrogen) atoms. The monoisotopic (exact) mass is 276 g/mol. The highest BCUT2D eigenvalue weighted by Gasteiger charge is 2.27. The molecule has 0 saturated carbocycles. The lowest BCUT2D eigenvalue weighted by Gasteiger charge is -2.22. The standard InChI is InChI=1S/C16H20O2S/c1-4-11-18-14-8-6-13(7-9-14)16(3,17)15-10-5-12(2)19-15/h5-10,17H,4,11H2,1-3H3. The van der Waals surface area contributed by atoms with E-state index >= 15 is 0 Å². The summed E-state index contributed by atoms with van der Waals surface area (Å²) in [4.78, 5) is 2.17. The number of aryl methyl sites for hydroxylation is 1. The second kappa shape index (κ2) is 5.76. The minimum absolute atomic E-state index is 0.722. The Kier molecular flexibility index (Phi) is 4.27. The smallest absolute Gasteiger partial charge is 0.121 e. The van der Waals surface area contributed by atoms with Gasteiger partial charge in [0.15, 0.2) is 0 Å². The van der Waals surface area contributed by atoms with E-state index in [0.29, 0.717) is 0 Å². The fourth-order valence-corrected chi connectivity index (χ4v) is 2.87. The van der Waals surface area contributed by atoms with Crippen LogP contribution in [0.1, 0.15) is 35.6 Å². The molecular formula is C16H20O2S. The van der Waals surface area contributed by atoms with Crippen LogP contribution >= 0.6 is 11.3 Å². The molecule has 0 fully saturated rings. The maximum Gasteiger partial charge on any atom is 0.121 e. The number of benzene rings is 1. The van der Waals surface area contributed by atoms with Gasteiger partial charge in [-0.15, -0.1) is 11.3 Å². The third kappa shape index (κ3) is 3.17. The number of thiophene rings is 1. The molecule has 0 amide bonds. The molecule has 2 nitrogen and oxygen atoms in total. The summed E-state index contributed by atoms with van der Waals surface area (Å²) in [5.41, 5.74) is -0.0550. The van der Waals surface area contributed by atoms with Gasteiger partial charge in [0.2, 0.25) is 0 Å². The van der Waals surface area contributed by atoms with Crippen molar-refractivity contribution in [1.82, 2.24) is 0 Å². The van der Waals surface area contributed by atoms with E-state index in [1.807, 2.05) is 50.2 Å². The van der Waals surface area contributed by atoms with Gasteiger partial charge < -0.3 is 9.84 Å². The number of ether oxygens (including phenoxy) is 1. The van der Waals surface area contributed by atoms with Crippen molar-refractivity contribution in [3.05, 3.63) is 51.7 Å². The Labute approximate surface area is 118 Å². The molecule has 1 N–H and O–H groups in total. The van der Waals surface area contributed by atoms with Crippen molar-refractivity contribution in [3.8, 4) is 5.75 Å². The first kappa shape index (κ1) is 14.1. The largest absolute Gasteiger partial charge is 0.494 e. The van der Waals surface area contributed by atoms with Gasteiger partial charge in [-0.3, -0.25) is 0 Å². The van der Waals surface area contributed by atoms with Crippen molar-refractivity contribution < 1.29 is 9.84 Å². The second-order valence-corrected chi connectivity index (χ2v) is 6.14. The molecule has 2 rings (SSSR count). The molecule has 1 heterocycles. The van der Waals surface area contributed by atoms with Crippen LogP contribution in [0.25, 0.3) is 0 Å². The maximum atomic E-state index is 10.7. The first-order chi connectivity index (χ1) is 9.04. The van der Waals surface area contributed by atoms with Crippen molar-refractivity contribution in [2.75, 3.05) is 6.61 Å². The number of hydrogen-bond donors (Lipinski definition) is 1. The highest BCUT2D eigenvalue weighted by Crippen LogP contribution is 2.34. The molecule has 0 aliphatic heterocycles. The average Bonchev–Trinajstić information content (AvgIpc) is 2.84. The molecule has 0 bridgehead atoms. The van der Waals surface area contributed by atoms with Crippen molar-refractivity contribution in [2.45, 2.75) is 32.8 Å². The van der Waals surface area contributed by atoms with E-state index in [4.69, 9.17) is 4.74 Å². The predicted molar refractivity (Wildman–Crippen MR) is 80.0 cm³/mol. The van der Waals surface area contributed by atoms with Crippen molar-refractivity contribution in [2.24, 2.45) is 0 Å². The van der Waals surface area contributed by atoms with E-state index < -0.39 is 5.60 Å². The molecule has 1 unspecified atom stereocenters. The van der Waals surface area contributed by atoms with Gasteiger partial charge in [0.25, 0.3) is 0 Å². The summed E-state index contributed by atoms with van der Waals surface area (Å²) in [6, 6.07) is 11.7. The SMILES string of the molecule is CCCOc1ccc(C(C)(O)c2ccc(C)s2)cc1. The number of aliphatic hydroxyl groups is 1. The highest BCUT2D eigenvalue weighted by molar-refractivity contribution is 7.12. The lowest BCUT2D eigenvalue weighted by Crippen LogP contribution is -2.21. The zero-order valence-electron chi connectivity index (χ0n) is 11.6. The second-order valence-electron chi connectivity index (χ2n) is 4.86. The van der Waals surface area contributed by atoms with Gasteiger partial charge in [-0.25, -0.2) is 0 Å². The Morgan fingerprint density at radius 1 is 1.16 bits per heavy atom. The molecule has 1 aromatic heterocycles. The van der Waals surface area contributed by atoms with Crippen LogP contribution < -0.4 is 4.74 Å². The van der Waals surface area contributed by atoms with E-state index in [-0.39, 0.29) is 0 Å². The van der Waals surface area contributed by atoms with Crippen LogP contribution in [0.3, 0.4) is 0 Å². The van der Waals surface area contributed by atoms with Gasteiger partial charge >= 0.3 is 0 Å². The summed E-state index contributed by atoms with van der Waals surface area (Å²) in [5, 5.41) is 10.7. The fourth-order valence-electron chi connectivity index (χ4n) is 1.93. The Morgan fingerprint density at radius 2 is 1.84 bits per heavy atom. The normalized spacial score (nSPS) is 14.1. The van der Waals surface area contributed by atoms with E-state index in [1.54, 1.807) is 11.3 Å². The summed E-state index contributed by atoms with van der Waals surface area (Å²) < 4.78 is 5.55. The molecule has 102 valence electrons. The zero-order valence-corrected chi connectivity index (χ0v) is 12.5. The Bertz CT molecular complexity index is 526. The third-order valence-corrected chi connectivity index (χ3v) is 4.32. The lowest BCUT2D eigenvalue weighted by molar-refractivity contribution is 0.106. The Balaban J connectivity index is 2.21. The van der Waals surface area contributed by atoms with Gasteiger partial charge in [0, 0.05) is 9.75 Å². The molecule has 2 aromatic rings. The summed E-state index contributed by atoms with van der Waals surface area (Å²) in [6.45, 7) is 6.68. The maximum absolute atomic E-state index is 10.7. The predicted octanol–water partition coefficient (Wildman–Crippen LogP) is 4.10. The molecule has 0 aliphatic carbocycles. The summed E-state index contributed by atoms with van der Waals surface area (Å²) in [6.07, 6.45) is 0.994. The molecule has 0 radical (unpaired) electrons. The molecule has 1 aromatic carbocycles. The first-order valence-corrected chi connectivity index (χ1v) is 7.38. The van der Waals surface area contributed by atoms with Crippen LogP contribution in [0, 0.1) is 6.92 Å². The van der Waals surface area contributed by atoms with Gasteiger partial charge in [-0.2, -0.15) is 0 Å². The van der Waals surface area contributed by atoms with Crippen LogP contribution in [0.2, 0.25) is 0 Å². The quantitative estimate of drug-likeness (QED) is 0.891. The van der Waals surface area contributed by atoms with Gasteiger partial charge in [-0.05, 0) is 50.1 Å². The molecular weight excluding hydrogens is 256 g/mol. The van der Waals surface area contributed by atoms with Gasteiger partial charge in [0.1, 0.15) is 11.4 Å². The van der Waals surface area contributed by atoms with Crippen LogP contribution in [0.5, 0.6) is 5.75 Å². The van der Waals surface area contributed by atoms with E-state index in [1.165, 1.54) is 4.88 Å². The van der Waals surface area contributed by atoms with Crippen molar-refractivity contribution >= 4 is 11.3 Å². The van der Waals surface area contributed by atoms with E-state index in [0.717, 1.165) is 29.2 Å². The van der Waals surface area contributed by atoms with Crippen LogP contribution in [0.15, 0.2) is 36.4 Å². The molecule has 1 atom stereocenters. The molecule has 0 spiro atoms. The lowest BCUT2D eigenvalue weighted by atomic mass is 9.94. The molecule has 0 saturated heterocycles. The fraction of sp³-hybridized carbons (Fsp3) is 0.375. The molecule has 3 heteroatoms.